The standard InChI is InChI=1S/C20H27FN2O2/c1-25-17-5-6-18(21)15(11-17)12-22-10-2-8-20(13-22)9-7-19(24)23(14-20)16-3-4-16/h5-6,11,16H,2-4,7-10,12-14H2,1H3/t20-/m0/s1. The first kappa shape index (κ1) is 16.8. The van der Waals surface area contributed by atoms with Gasteiger partial charge in [0, 0.05) is 43.1 Å². The Bertz CT molecular complexity index is 661. The molecule has 2 heterocycles. The van der Waals surface area contributed by atoms with E-state index in [9.17, 15) is 9.18 Å². The lowest BCUT2D eigenvalue weighted by Crippen LogP contribution is -2.54. The zero-order valence-corrected chi connectivity index (χ0v) is 15.0. The topological polar surface area (TPSA) is 32.8 Å². The Labute approximate surface area is 148 Å². The van der Waals surface area contributed by atoms with E-state index in [1.165, 1.54) is 25.3 Å². The van der Waals surface area contributed by atoms with Crippen LogP contribution in [0.5, 0.6) is 5.75 Å². The number of amides is 1. The zero-order chi connectivity index (χ0) is 17.4. The summed E-state index contributed by atoms with van der Waals surface area (Å²) in [5.74, 6) is 0.870. The first-order chi connectivity index (χ1) is 12.1. The Morgan fingerprint density at radius 3 is 2.88 bits per heavy atom. The summed E-state index contributed by atoms with van der Waals surface area (Å²) in [6.07, 6.45) is 6.30. The van der Waals surface area contributed by atoms with E-state index in [0.717, 1.165) is 32.5 Å². The Morgan fingerprint density at radius 1 is 1.28 bits per heavy atom. The largest absolute Gasteiger partial charge is 0.497 e. The molecule has 1 spiro atoms. The molecule has 4 nitrogen and oxygen atoms in total. The van der Waals surface area contributed by atoms with Gasteiger partial charge in [-0.15, -0.1) is 0 Å². The van der Waals surface area contributed by atoms with Crippen molar-refractivity contribution in [1.82, 2.24) is 9.80 Å². The van der Waals surface area contributed by atoms with Crippen LogP contribution in [-0.2, 0) is 11.3 Å². The summed E-state index contributed by atoms with van der Waals surface area (Å²) >= 11 is 0. The van der Waals surface area contributed by atoms with E-state index in [1.807, 2.05) is 0 Å². The molecule has 0 radical (unpaired) electrons. The highest BCUT2D eigenvalue weighted by atomic mass is 19.1. The number of hydrogen-bond acceptors (Lipinski definition) is 3. The highest BCUT2D eigenvalue weighted by molar-refractivity contribution is 5.78. The molecule has 0 unspecified atom stereocenters. The SMILES string of the molecule is COc1ccc(F)c(CN2CCC[C@]3(CCC(=O)N(C4CC4)C3)C2)c1. The first-order valence-corrected chi connectivity index (χ1v) is 9.43. The van der Waals surface area contributed by atoms with Crippen LogP contribution < -0.4 is 4.74 Å². The maximum absolute atomic E-state index is 14.2. The molecule has 3 fully saturated rings. The average molecular weight is 346 g/mol. The zero-order valence-electron chi connectivity index (χ0n) is 15.0. The molecule has 1 aromatic carbocycles. The van der Waals surface area contributed by atoms with Crippen molar-refractivity contribution in [3.05, 3.63) is 29.6 Å². The minimum Gasteiger partial charge on any atom is -0.497 e. The number of likely N-dealkylation sites (tertiary alicyclic amines) is 2. The number of halogens is 1. The molecule has 5 heteroatoms. The van der Waals surface area contributed by atoms with Gasteiger partial charge in [0.2, 0.25) is 5.91 Å². The van der Waals surface area contributed by atoms with Gasteiger partial charge in [0.15, 0.2) is 0 Å². The van der Waals surface area contributed by atoms with Crippen LogP contribution in [0.1, 0.15) is 44.1 Å². The predicted molar refractivity (Wildman–Crippen MR) is 93.9 cm³/mol. The van der Waals surface area contributed by atoms with Crippen molar-refractivity contribution in [2.75, 3.05) is 26.7 Å². The maximum atomic E-state index is 14.2. The summed E-state index contributed by atoms with van der Waals surface area (Å²) in [4.78, 5) is 16.7. The van der Waals surface area contributed by atoms with E-state index in [1.54, 1.807) is 19.2 Å². The minimum absolute atomic E-state index is 0.168. The lowest BCUT2D eigenvalue weighted by molar-refractivity contribution is -0.140. The summed E-state index contributed by atoms with van der Waals surface area (Å²) < 4.78 is 19.4. The van der Waals surface area contributed by atoms with Crippen LogP contribution in [-0.4, -0.2) is 48.5 Å². The normalized spacial score (nSPS) is 27.8. The molecule has 1 saturated carbocycles. The number of nitrogens with zero attached hydrogens (tertiary/aromatic N) is 2. The van der Waals surface area contributed by atoms with Gasteiger partial charge in [-0.3, -0.25) is 9.69 Å². The van der Waals surface area contributed by atoms with Crippen molar-refractivity contribution in [2.24, 2.45) is 5.41 Å². The number of carbonyl (C=O) groups is 1. The molecule has 136 valence electrons. The number of benzene rings is 1. The molecule has 1 aromatic rings. The van der Waals surface area contributed by atoms with Crippen LogP contribution in [0.3, 0.4) is 0 Å². The Hall–Kier alpha value is -1.62. The molecule has 0 aromatic heterocycles. The van der Waals surface area contributed by atoms with Crippen LogP contribution in [0.2, 0.25) is 0 Å². The highest BCUT2D eigenvalue weighted by Gasteiger charge is 2.45. The monoisotopic (exact) mass is 346 g/mol. The number of ether oxygens (including phenoxy) is 1. The molecule has 2 aliphatic heterocycles. The summed E-state index contributed by atoms with van der Waals surface area (Å²) in [6, 6.07) is 5.45. The van der Waals surface area contributed by atoms with Gasteiger partial charge in [-0.2, -0.15) is 0 Å². The minimum atomic E-state index is -0.168. The van der Waals surface area contributed by atoms with E-state index >= 15 is 0 Å². The fourth-order valence-electron chi connectivity index (χ4n) is 4.58. The molecule has 25 heavy (non-hydrogen) atoms. The van der Waals surface area contributed by atoms with Gasteiger partial charge in [-0.05, 0) is 56.8 Å². The molecule has 2 saturated heterocycles. The molecule has 1 amide bonds. The van der Waals surface area contributed by atoms with Crippen LogP contribution in [0.25, 0.3) is 0 Å². The highest BCUT2D eigenvalue weighted by Crippen LogP contribution is 2.42. The van der Waals surface area contributed by atoms with Crippen LogP contribution in [0.15, 0.2) is 18.2 Å². The molecule has 4 rings (SSSR count). The van der Waals surface area contributed by atoms with E-state index in [2.05, 4.69) is 9.80 Å². The molecule has 0 bridgehead atoms. The maximum Gasteiger partial charge on any atom is 0.222 e. The fraction of sp³-hybridized carbons (Fsp3) is 0.650. The van der Waals surface area contributed by atoms with E-state index in [-0.39, 0.29) is 11.2 Å². The average Bonchev–Trinajstić information content (AvgIpc) is 3.45. The summed E-state index contributed by atoms with van der Waals surface area (Å²) in [7, 11) is 1.61. The fourth-order valence-corrected chi connectivity index (χ4v) is 4.58. The third kappa shape index (κ3) is 3.52. The molecule has 1 atom stereocenters. The quantitative estimate of drug-likeness (QED) is 0.839. The summed E-state index contributed by atoms with van der Waals surface area (Å²) in [6.45, 7) is 3.46. The van der Waals surface area contributed by atoms with Crippen molar-refractivity contribution in [1.29, 1.82) is 0 Å². The Kier molecular flexibility index (Phi) is 4.44. The van der Waals surface area contributed by atoms with Crippen LogP contribution in [0.4, 0.5) is 4.39 Å². The Balaban J connectivity index is 1.46. The molecule has 3 aliphatic rings. The summed E-state index contributed by atoms with van der Waals surface area (Å²) in [5, 5.41) is 0. The van der Waals surface area contributed by atoms with Gasteiger partial charge in [0.25, 0.3) is 0 Å². The third-order valence-corrected chi connectivity index (χ3v) is 6.07. The number of methoxy groups -OCH3 is 1. The van der Waals surface area contributed by atoms with Gasteiger partial charge >= 0.3 is 0 Å². The number of carbonyl (C=O) groups excluding carboxylic acids is 1. The van der Waals surface area contributed by atoms with Gasteiger partial charge in [0.1, 0.15) is 11.6 Å². The van der Waals surface area contributed by atoms with Crippen molar-refractivity contribution in [3.8, 4) is 5.75 Å². The molecule has 0 N–H and O–H groups in total. The van der Waals surface area contributed by atoms with E-state index < -0.39 is 0 Å². The summed E-state index contributed by atoms with van der Waals surface area (Å²) in [5.41, 5.74) is 0.895. The van der Waals surface area contributed by atoms with Crippen molar-refractivity contribution >= 4 is 5.91 Å². The number of piperidine rings is 2. The van der Waals surface area contributed by atoms with E-state index in [4.69, 9.17) is 4.74 Å². The van der Waals surface area contributed by atoms with Crippen LogP contribution in [0, 0.1) is 11.2 Å². The van der Waals surface area contributed by atoms with Crippen molar-refractivity contribution in [2.45, 2.75) is 51.1 Å². The van der Waals surface area contributed by atoms with Gasteiger partial charge < -0.3 is 9.64 Å². The van der Waals surface area contributed by atoms with Crippen molar-refractivity contribution < 1.29 is 13.9 Å². The van der Waals surface area contributed by atoms with Crippen molar-refractivity contribution in [3.63, 3.8) is 0 Å². The lowest BCUT2D eigenvalue weighted by atomic mass is 9.73. The number of rotatable bonds is 4. The van der Waals surface area contributed by atoms with Crippen LogP contribution >= 0.6 is 0 Å². The van der Waals surface area contributed by atoms with Gasteiger partial charge in [-0.25, -0.2) is 4.39 Å². The smallest absolute Gasteiger partial charge is 0.222 e. The Morgan fingerprint density at radius 2 is 2.12 bits per heavy atom. The first-order valence-electron chi connectivity index (χ1n) is 9.43. The molecule has 1 aliphatic carbocycles. The lowest BCUT2D eigenvalue weighted by Gasteiger charge is -2.48. The second-order valence-corrected chi connectivity index (χ2v) is 8.02. The van der Waals surface area contributed by atoms with Gasteiger partial charge in [0.05, 0.1) is 7.11 Å². The second kappa shape index (κ2) is 6.60. The molecular formula is C20H27FN2O2. The van der Waals surface area contributed by atoms with E-state index in [0.29, 0.717) is 36.2 Å². The number of hydrogen-bond donors (Lipinski definition) is 0. The molecular weight excluding hydrogens is 319 g/mol. The van der Waals surface area contributed by atoms with Gasteiger partial charge in [-0.1, -0.05) is 0 Å². The third-order valence-electron chi connectivity index (χ3n) is 6.07. The predicted octanol–water partition coefficient (Wildman–Crippen LogP) is 3.20. The second-order valence-electron chi connectivity index (χ2n) is 8.02.